The molecule has 4 rings (SSSR count). The Morgan fingerprint density at radius 2 is 1.96 bits per heavy atom. The highest BCUT2D eigenvalue weighted by Crippen LogP contribution is 2.59. The SMILES string of the molecule is [C-]#[N+]c1ccc(OC2C(C)(C)C(N3Cc4ccncc4C3=O)C2(C)C)cc1Br. The normalized spacial score (nSPS) is 24.3. The van der Waals surface area contributed by atoms with Gasteiger partial charge in [0.2, 0.25) is 5.69 Å². The molecule has 1 aromatic carbocycles. The fourth-order valence-electron chi connectivity index (χ4n) is 5.38. The van der Waals surface area contributed by atoms with Gasteiger partial charge in [-0.15, -0.1) is 0 Å². The number of amides is 1. The summed E-state index contributed by atoms with van der Waals surface area (Å²) in [5, 5.41) is 0. The number of hydrogen-bond donors (Lipinski definition) is 0. The molecule has 1 aromatic heterocycles. The van der Waals surface area contributed by atoms with E-state index in [1.807, 2.05) is 23.1 Å². The Bertz CT molecular complexity index is 993. The van der Waals surface area contributed by atoms with Gasteiger partial charge in [0.1, 0.15) is 11.9 Å². The van der Waals surface area contributed by atoms with Crippen LogP contribution in [0, 0.1) is 17.4 Å². The van der Waals surface area contributed by atoms with Crippen molar-refractivity contribution in [1.82, 2.24) is 9.88 Å². The number of pyridine rings is 1. The van der Waals surface area contributed by atoms with Crippen LogP contribution in [-0.2, 0) is 6.54 Å². The Hall–Kier alpha value is -2.39. The van der Waals surface area contributed by atoms with Crippen LogP contribution in [0.1, 0.15) is 43.6 Å². The molecule has 0 unspecified atom stereocenters. The second-order valence-corrected chi connectivity index (χ2v) is 9.59. The number of ether oxygens (including phenoxy) is 1. The maximum absolute atomic E-state index is 13.0. The van der Waals surface area contributed by atoms with E-state index < -0.39 is 0 Å². The molecule has 1 aliphatic carbocycles. The second kappa shape index (κ2) is 6.31. The van der Waals surface area contributed by atoms with Gasteiger partial charge in [-0.3, -0.25) is 9.78 Å². The van der Waals surface area contributed by atoms with Gasteiger partial charge in [0.05, 0.1) is 12.1 Å². The van der Waals surface area contributed by atoms with Gasteiger partial charge in [0, 0.05) is 40.3 Å². The molecule has 5 nitrogen and oxygen atoms in total. The van der Waals surface area contributed by atoms with E-state index in [9.17, 15) is 4.79 Å². The molecule has 1 aliphatic heterocycles. The van der Waals surface area contributed by atoms with Crippen molar-refractivity contribution in [3.8, 4) is 5.75 Å². The number of carbonyl (C=O) groups excluding carboxylic acids is 1. The number of fused-ring (bicyclic) bond motifs is 1. The zero-order valence-corrected chi connectivity index (χ0v) is 17.9. The fourth-order valence-corrected chi connectivity index (χ4v) is 5.82. The summed E-state index contributed by atoms with van der Waals surface area (Å²) < 4.78 is 7.11. The largest absolute Gasteiger partial charge is 0.489 e. The van der Waals surface area contributed by atoms with Gasteiger partial charge in [-0.25, -0.2) is 4.85 Å². The Balaban J connectivity index is 1.60. The smallest absolute Gasteiger partial charge is 0.256 e. The maximum atomic E-state index is 13.0. The maximum Gasteiger partial charge on any atom is 0.256 e. The van der Waals surface area contributed by atoms with Crippen molar-refractivity contribution in [2.75, 3.05) is 0 Å². The summed E-state index contributed by atoms with van der Waals surface area (Å²) in [4.78, 5) is 22.6. The van der Waals surface area contributed by atoms with Gasteiger partial charge in [-0.1, -0.05) is 49.7 Å². The number of halogens is 1. The summed E-state index contributed by atoms with van der Waals surface area (Å²) in [5.74, 6) is 0.779. The van der Waals surface area contributed by atoms with Crippen LogP contribution >= 0.6 is 15.9 Å². The molecule has 0 bridgehead atoms. The van der Waals surface area contributed by atoms with E-state index in [1.165, 1.54) is 0 Å². The molecule has 1 saturated carbocycles. The zero-order valence-electron chi connectivity index (χ0n) is 16.4. The van der Waals surface area contributed by atoms with Crippen LogP contribution in [0.2, 0.25) is 0 Å². The first kappa shape index (κ1) is 18.9. The third-order valence-electron chi connectivity index (χ3n) is 6.11. The molecule has 1 fully saturated rings. The van der Waals surface area contributed by atoms with E-state index in [1.54, 1.807) is 18.5 Å². The number of benzene rings is 1. The molecule has 0 radical (unpaired) electrons. The number of aromatic nitrogens is 1. The molecular weight excluding hydrogens is 418 g/mol. The van der Waals surface area contributed by atoms with Crippen molar-refractivity contribution in [2.45, 2.75) is 46.4 Å². The third-order valence-corrected chi connectivity index (χ3v) is 6.74. The Morgan fingerprint density at radius 1 is 1.25 bits per heavy atom. The molecule has 0 spiro atoms. The third kappa shape index (κ3) is 2.64. The predicted molar refractivity (Wildman–Crippen MR) is 110 cm³/mol. The molecule has 0 atom stereocenters. The lowest BCUT2D eigenvalue weighted by molar-refractivity contribution is -0.199. The first-order chi connectivity index (χ1) is 13.2. The first-order valence-electron chi connectivity index (χ1n) is 9.25. The van der Waals surface area contributed by atoms with Gasteiger partial charge in [0.25, 0.3) is 5.91 Å². The lowest BCUT2D eigenvalue weighted by Gasteiger charge is -2.65. The van der Waals surface area contributed by atoms with E-state index in [2.05, 4.69) is 53.5 Å². The molecule has 2 aromatic rings. The van der Waals surface area contributed by atoms with Crippen LogP contribution in [-0.4, -0.2) is 27.9 Å². The van der Waals surface area contributed by atoms with Crippen LogP contribution in [0.5, 0.6) is 5.75 Å². The lowest BCUT2D eigenvalue weighted by Crippen LogP contribution is -2.74. The van der Waals surface area contributed by atoms with E-state index >= 15 is 0 Å². The second-order valence-electron chi connectivity index (χ2n) is 8.73. The van der Waals surface area contributed by atoms with Crippen LogP contribution < -0.4 is 4.74 Å². The van der Waals surface area contributed by atoms with Gasteiger partial charge in [0.15, 0.2) is 0 Å². The van der Waals surface area contributed by atoms with Gasteiger partial charge in [-0.2, -0.15) is 0 Å². The van der Waals surface area contributed by atoms with Gasteiger partial charge < -0.3 is 9.64 Å². The fraction of sp³-hybridized carbons (Fsp3) is 0.409. The lowest BCUT2D eigenvalue weighted by atomic mass is 9.49. The van der Waals surface area contributed by atoms with E-state index in [4.69, 9.17) is 11.3 Å². The Labute approximate surface area is 173 Å². The number of carbonyl (C=O) groups is 1. The highest BCUT2D eigenvalue weighted by Gasteiger charge is 2.66. The Kier molecular flexibility index (Phi) is 4.27. The molecule has 2 aliphatic rings. The molecule has 1 amide bonds. The highest BCUT2D eigenvalue weighted by molar-refractivity contribution is 9.10. The average Bonchev–Trinajstić information content (AvgIpc) is 2.95. The van der Waals surface area contributed by atoms with E-state index in [0.717, 1.165) is 15.8 Å². The molecule has 0 N–H and O–H groups in total. The summed E-state index contributed by atoms with van der Waals surface area (Å²) in [6, 6.07) is 7.41. The zero-order chi connectivity index (χ0) is 20.3. The van der Waals surface area contributed by atoms with Crippen molar-refractivity contribution >= 4 is 27.5 Å². The number of hydrogen-bond acceptors (Lipinski definition) is 3. The summed E-state index contributed by atoms with van der Waals surface area (Å²) >= 11 is 3.43. The molecule has 144 valence electrons. The summed E-state index contributed by atoms with van der Waals surface area (Å²) in [5.41, 5.74) is 1.86. The quantitative estimate of drug-likeness (QED) is 0.614. The van der Waals surface area contributed by atoms with Crippen LogP contribution in [0.3, 0.4) is 0 Å². The van der Waals surface area contributed by atoms with Crippen LogP contribution in [0.15, 0.2) is 41.1 Å². The first-order valence-corrected chi connectivity index (χ1v) is 10.0. The minimum absolute atomic E-state index is 0.0517. The molecule has 0 saturated heterocycles. The topological polar surface area (TPSA) is 46.8 Å². The van der Waals surface area contributed by atoms with Gasteiger partial charge in [-0.05, 0) is 23.8 Å². The average molecular weight is 440 g/mol. The minimum Gasteiger partial charge on any atom is -0.489 e. The monoisotopic (exact) mass is 439 g/mol. The van der Waals surface area contributed by atoms with Crippen molar-refractivity contribution < 1.29 is 9.53 Å². The van der Waals surface area contributed by atoms with Crippen molar-refractivity contribution in [3.63, 3.8) is 0 Å². The minimum atomic E-state index is -0.223. The standard InChI is InChI=1S/C22H22BrN3O2/c1-21(2)19(26-12-13-8-9-25-11-15(13)18(26)27)22(3,4)20(21)28-14-6-7-17(24-5)16(23)10-14/h6-11,19-20H,12H2,1-4H3. The number of nitrogens with zero attached hydrogens (tertiary/aromatic N) is 3. The Morgan fingerprint density at radius 3 is 2.57 bits per heavy atom. The molecule has 6 heteroatoms. The molecular formula is C22H22BrN3O2. The van der Waals surface area contributed by atoms with Crippen LogP contribution in [0.25, 0.3) is 4.85 Å². The van der Waals surface area contributed by atoms with Crippen molar-refractivity contribution in [3.05, 3.63) is 63.7 Å². The summed E-state index contributed by atoms with van der Waals surface area (Å²) in [6.07, 6.45) is 3.34. The van der Waals surface area contributed by atoms with E-state index in [-0.39, 0.29) is 28.9 Å². The molecule has 2 heterocycles. The number of rotatable bonds is 3. The van der Waals surface area contributed by atoms with Crippen molar-refractivity contribution in [2.24, 2.45) is 10.8 Å². The van der Waals surface area contributed by atoms with E-state index in [0.29, 0.717) is 17.8 Å². The molecule has 28 heavy (non-hydrogen) atoms. The summed E-state index contributed by atoms with van der Waals surface area (Å²) in [7, 11) is 0. The van der Waals surface area contributed by atoms with Crippen LogP contribution in [0.4, 0.5) is 5.69 Å². The highest BCUT2D eigenvalue weighted by atomic mass is 79.9. The van der Waals surface area contributed by atoms with Gasteiger partial charge >= 0.3 is 0 Å². The predicted octanol–water partition coefficient (Wildman–Crippen LogP) is 5.23. The van der Waals surface area contributed by atoms with Crippen molar-refractivity contribution in [1.29, 1.82) is 0 Å². The summed E-state index contributed by atoms with van der Waals surface area (Å²) in [6.45, 7) is 16.4.